The number of fused-ring (bicyclic) bond motifs is 1. The Morgan fingerprint density at radius 2 is 2.08 bits per heavy atom. The third-order valence-corrected chi connectivity index (χ3v) is 6.85. The predicted octanol–water partition coefficient (Wildman–Crippen LogP) is 2.60. The molecule has 2 aromatic rings. The summed E-state index contributed by atoms with van der Waals surface area (Å²) in [6, 6.07) is 4.59. The van der Waals surface area contributed by atoms with E-state index in [9.17, 15) is 4.21 Å². The summed E-state index contributed by atoms with van der Waals surface area (Å²) < 4.78 is 14.6. The molecule has 4 rings (SSSR count). The van der Waals surface area contributed by atoms with Gasteiger partial charge in [-0.1, -0.05) is 0 Å². The highest BCUT2D eigenvalue weighted by Gasteiger charge is 2.37. The number of nitrogens with zero attached hydrogens (tertiary/aromatic N) is 3. The molecule has 1 N–H and O–H groups in total. The molecular formula is C18H26N4OS. The highest BCUT2D eigenvalue weighted by molar-refractivity contribution is 7.97. The zero-order valence-electron chi connectivity index (χ0n) is 14.7. The number of benzene rings is 1. The molecule has 0 radical (unpaired) electrons. The van der Waals surface area contributed by atoms with Gasteiger partial charge in [0.1, 0.15) is 0 Å². The van der Waals surface area contributed by atoms with E-state index in [0.29, 0.717) is 5.92 Å². The van der Waals surface area contributed by atoms with Crippen molar-refractivity contribution in [1.29, 1.82) is 0 Å². The van der Waals surface area contributed by atoms with Crippen molar-refractivity contribution >= 4 is 32.2 Å². The Bertz CT molecular complexity index is 880. The standard InChI is InChI=1S/C18H26N4OS/c1-18(2)12-21(7-8-22(18)24(3,4)23)17-10-14(13-5-6-13)9-16-15(17)11-19-20-16/h9-11,13H,3,5-8,12H2,1-2,4H3,(H,19,20). The van der Waals surface area contributed by atoms with Crippen molar-refractivity contribution in [1.82, 2.24) is 14.5 Å². The van der Waals surface area contributed by atoms with Crippen LogP contribution in [0, 0.1) is 0 Å². The van der Waals surface area contributed by atoms with Gasteiger partial charge < -0.3 is 4.90 Å². The lowest BCUT2D eigenvalue weighted by Crippen LogP contribution is -2.60. The fourth-order valence-electron chi connectivity index (χ4n) is 4.03. The molecule has 24 heavy (non-hydrogen) atoms. The molecule has 1 saturated carbocycles. The number of aromatic nitrogens is 2. The number of aromatic amines is 1. The van der Waals surface area contributed by atoms with Crippen LogP contribution in [0.3, 0.4) is 0 Å². The Labute approximate surface area is 144 Å². The molecule has 1 saturated heterocycles. The van der Waals surface area contributed by atoms with Crippen LogP contribution < -0.4 is 4.90 Å². The van der Waals surface area contributed by atoms with Crippen molar-refractivity contribution < 1.29 is 4.21 Å². The van der Waals surface area contributed by atoms with Crippen molar-refractivity contribution in [2.24, 2.45) is 0 Å². The van der Waals surface area contributed by atoms with Crippen LogP contribution >= 0.6 is 0 Å². The highest BCUT2D eigenvalue weighted by Crippen LogP contribution is 2.43. The molecule has 2 aliphatic rings. The Kier molecular flexibility index (Phi) is 3.48. The second-order valence-corrected chi connectivity index (χ2v) is 10.3. The molecule has 2 fully saturated rings. The number of hydrogen-bond acceptors (Lipinski definition) is 3. The van der Waals surface area contributed by atoms with Crippen molar-refractivity contribution in [2.75, 3.05) is 30.8 Å². The molecule has 6 heteroatoms. The first-order chi connectivity index (χ1) is 11.3. The van der Waals surface area contributed by atoms with Crippen LogP contribution in [0.1, 0.15) is 38.2 Å². The van der Waals surface area contributed by atoms with Gasteiger partial charge in [0.25, 0.3) is 0 Å². The number of hydrogen-bond donors (Lipinski definition) is 1. The fourth-order valence-corrected chi connectivity index (χ4v) is 5.60. The summed E-state index contributed by atoms with van der Waals surface area (Å²) in [7, 11) is -2.19. The van der Waals surface area contributed by atoms with Crippen LogP contribution in [0.5, 0.6) is 0 Å². The van der Waals surface area contributed by atoms with Gasteiger partial charge in [0.05, 0.1) is 11.7 Å². The smallest absolute Gasteiger partial charge is 0.0674 e. The van der Waals surface area contributed by atoms with Crippen LogP contribution in [0.15, 0.2) is 18.3 Å². The molecule has 1 aliphatic carbocycles. The van der Waals surface area contributed by atoms with E-state index in [-0.39, 0.29) is 5.54 Å². The van der Waals surface area contributed by atoms with Crippen LogP contribution in [0.2, 0.25) is 0 Å². The van der Waals surface area contributed by atoms with Gasteiger partial charge >= 0.3 is 0 Å². The van der Waals surface area contributed by atoms with Gasteiger partial charge in [0, 0.05) is 52.2 Å². The highest BCUT2D eigenvalue weighted by atomic mass is 32.2. The van der Waals surface area contributed by atoms with E-state index in [1.54, 1.807) is 6.26 Å². The summed E-state index contributed by atoms with van der Waals surface area (Å²) in [5.74, 6) is 4.60. The van der Waals surface area contributed by atoms with E-state index in [1.165, 1.54) is 29.5 Å². The number of H-pyrrole nitrogens is 1. The predicted molar refractivity (Wildman–Crippen MR) is 102 cm³/mol. The van der Waals surface area contributed by atoms with Crippen LogP contribution in [0.25, 0.3) is 10.9 Å². The zero-order valence-corrected chi connectivity index (χ0v) is 15.5. The topological polar surface area (TPSA) is 52.2 Å². The molecule has 1 aromatic heterocycles. The first kappa shape index (κ1) is 16.0. The number of rotatable bonds is 3. The second-order valence-electron chi connectivity index (χ2n) is 7.94. The molecule has 1 aromatic carbocycles. The largest absolute Gasteiger partial charge is 0.368 e. The summed E-state index contributed by atoms with van der Waals surface area (Å²) >= 11 is 0. The third kappa shape index (κ3) is 2.71. The minimum absolute atomic E-state index is 0.183. The molecule has 1 atom stereocenters. The van der Waals surface area contributed by atoms with Gasteiger partial charge in [-0.25, -0.2) is 4.31 Å². The Morgan fingerprint density at radius 1 is 1.33 bits per heavy atom. The molecular weight excluding hydrogens is 320 g/mol. The average molecular weight is 347 g/mol. The van der Waals surface area contributed by atoms with Gasteiger partial charge in [-0.2, -0.15) is 5.10 Å². The normalized spacial score (nSPS) is 24.2. The SMILES string of the molecule is C=S(C)(=O)N1CCN(c2cc(C3CC3)cc3[nH]ncc23)CC1(C)C. The Hall–Kier alpha value is -1.53. The lowest BCUT2D eigenvalue weighted by molar-refractivity contribution is 0.215. The average Bonchev–Trinajstić information content (AvgIpc) is 3.21. The monoisotopic (exact) mass is 346 g/mol. The molecule has 5 nitrogen and oxygen atoms in total. The first-order valence-corrected chi connectivity index (χ1v) is 10.7. The second kappa shape index (κ2) is 5.23. The molecule has 1 aliphatic heterocycles. The van der Waals surface area contributed by atoms with Crippen molar-refractivity contribution in [2.45, 2.75) is 38.1 Å². The van der Waals surface area contributed by atoms with Crippen LogP contribution in [-0.4, -0.2) is 56.0 Å². The van der Waals surface area contributed by atoms with Gasteiger partial charge in [0.15, 0.2) is 0 Å². The molecule has 0 amide bonds. The molecule has 130 valence electrons. The Balaban J connectivity index is 1.72. The summed E-state index contributed by atoms with van der Waals surface area (Å²) in [5.41, 5.74) is 3.60. The maximum Gasteiger partial charge on any atom is 0.0674 e. The van der Waals surface area contributed by atoms with E-state index in [4.69, 9.17) is 0 Å². The van der Waals surface area contributed by atoms with E-state index in [2.05, 4.69) is 51.3 Å². The molecule has 0 spiro atoms. The minimum atomic E-state index is -2.19. The van der Waals surface area contributed by atoms with Crippen molar-refractivity contribution in [3.05, 3.63) is 23.9 Å². The molecule has 1 unspecified atom stereocenters. The minimum Gasteiger partial charge on any atom is -0.368 e. The van der Waals surface area contributed by atoms with E-state index < -0.39 is 9.71 Å². The van der Waals surface area contributed by atoms with Gasteiger partial charge in [0.2, 0.25) is 0 Å². The fraction of sp³-hybridized carbons (Fsp3) is 0.556. The van der Waals surface area contributed by atoms with Gasteiger partial charge in [-0.3, -0.25) is 9.31 Å². The molecule has 2 heterocycles. The van der Waals surface area contributed by atoms with Crippen LogP contribution in [0.4, 0.5) is 5.69 Å². The van der Waals surface area contributed by atoms with E-state index in [0.717, 1.165) is 25.2 Å². The van der Waals surface area contributed by atoms with Gasteiger partial charge in [-0.05, 0) is 56.2 Å². The lowest BCUT2D eigenvalue weighted by atomic mass is 9.99. The summed E-state index contributed by atoms with van der Waals surface area (Å²) in [5, 5.41) is 8.56. The van der Waals surface area contributed by atoms with E-state index in [1.807, 2.05) is 6.20 Å². The molecule has 0 bridgehead atoms. The summed E-state index contributed by atoms with van der Waals surface area (Å²) in [4.78, 5) is 2.42. The Morgan fingerprint density at radius 3 is 2.71 bits per heavy atom. The number of piperazine rings is 1. The van der Waals surface area contributed by atoms with Crippen molar-refractivity contribution in [3.8, 4) is 0 Å². The third-order valence-electron chi connectivity index (χ3n) is 5.24. The van der Waals surface area contributed by atoms with Crippen molar-refractivity contribution in [3.63, 3.8) is 0 Å². The van der Waals surface area contributed by atoms with Crippen LogP contribution in [-0.2, 0) is 9.71 Å². The maximum absolute atomic E-state index is 12.5. The summed E-state index contributed by atoms with van der Waals surface area (Å²) in [6.45, 7) is 6.77. The lowest BCUT2D eigenvalue weighted by Gasteiger charge is -2.48. The van der Waals surface area contributed by atoms with Gasteiger partial charge in [-0.15, -0.1) is 0 Å². The maximum atomic E-state index is 12.5. The summed E-state index contributed by atoms with van der Waals surface area (Å²) in [6.07, 6.45) is 6.24. The number of anilines is 1. The zero-order chi connectivity index (χ0) is 17.1. The number of nitrogens with one attached hydrogen (secondary N) is 1. The first-order valence-electron chi connectivity index (χ1n) is 8.58. The van der Waals surface area contributed by atoms with E-state index >= 15 is 0 Å². The quantitative estimate of drug-likeness (QED) is 0.869.